The van der Waals surface area contributed by atoms with E-state index >= 15 is 0 Å². The summed E-state index contributed by atoms with van der Waals surface area (Å²) in [6, 6.07) is 21.0. The van der Waals surface area contributed by atoms with E-state index in [1.807, 2.05) is 30.3 Å². The molecule has 0 radical (unpaired) electrons. The normalized spacial score (nSPS) is 20.1. The molecule has 3 heterocycles. The summed E-state index contributed by atoms with van der Waals surface area (Å²) in [5.41, 5.74) is 7.41. The van der Waals surface area contributed by atoms with Crippen LogP contribution in [0, 0.1) is 5.82 Å². The Morgan fingerprint density at radius 3 is 2.38 bits per heavy atom. The van der Waals surface area contributed by atoms with Crippen molar-refractivity contribution in [3.63, 3.8) is 0 Å². The standard InChI is InChI=1S/C31H32FN3O4/c32-25-10-8-23(9-11-25)24-14-16-34(17-15-24)18-21-4-6-22(7-5-21)20-38-28-3-1-2-26-27(28)19-35(31(26)37)30-13-12-29(36)33-39-30/h1-11,24,30H,12-20H2,(H,33,36). The molecule has 2 amide bonds. The molecule has 8 heteroatoms. The van der Waals surface area contributed by atoms with E-state index < -0.39 is 6.23 Å². The summed E-state index contributed by atoms with van der Waals surface area (Å²) in [5.74, 6) is 0.733. The maximum absolute atomic E-state index is 13.2. The van der Waals surface area contributed by atoms with Crippen LogP contribution < -0.4 is 10.2 Å². The van der Waals surface area contributed by atoms with Gasteiger partial charge in [-0.1, -0.05) is 42.5 Å². The minimum absolute atomic E-state index is 0.109. The maximum atomic E-state index is 13.2. The van der Waals surface area contributed by atoms with Crippen LogP contribution in [0.3, 0.4) is 0 Å². The summed E-state index contributed by atoms with van der Waals surface area (Å²) in [6.07, 6.45) is 2.50. The van der Waals surface area contributed by atoms with Crippen molar-refractivity contribution in [1.29, 1.82) is 0 Å². The zero-order chi connectivity index (χ0) is 26.8. The number of likely N-dealkylation sites (tertiary alicyclic amines) is 1. The Kier molecular flexibility index (Phi) is 7.30. The Morgan fingerprint density at radius 2 is 1.67 bits per heavy atom. The average molecular weight is 530 g/mol. The molecule has 3 aliphatic heterocycles. The van der Waals surface area contributed by atoms with Crippen LogP contribution in [0.15, 0.2) is 66.7 Å². The number of hydrogen-bond acceptors (Lipinski definition) is 5. The Bertz CT molecular complexity index is 1330. The van der Waals surface area contributed by atoms with E-state index in [1.165, 1.54) is 11.1 Å². The molecule has 1 N–H and O–H groups in total. The summed E-state index contributed by atoms with van der Waals surface area (Å²) in [7, 11) is 0. The van der Waals surface area contributed by atoms with Gasteiger partial charge in [-0.15, -0.1) is 0 Å². The predicted octanol–water partition coefficient (Wildman–Crippen LogP) is 4.91. The van der Waals surface area contributed by atoms with E-state index in [-0.39, 0.29) is 17.6 Å². The first-order valence-corrected chi connectivity index (χ1v) is 13.6. The number of benzene rings is 3. The van der Waals surface area contributed by atoms with Crippen molar-refractivity contribution in [2.24, 2.45) is 0 Å². The lowest BCUT2D eigenvalue weighted by Gasteiger charge is -2.32. The van der Waals surface area contributed by atoms with Gasteiger partial charge in [0.15, 0.2) is 6.23 Å². The fraction of sp³-hybridized carbons (Fsp3) is 0.355. The smallest absolute Gasteiger partial charge is 0.256 e. The van der Waals surface area contributed by atoms with Crippen LogP contribution in [0.1, 0.15) is 64.2 Å². The molecule has 0 aliphatic carbocycles. The lowest BCUT2D eigenvalue weighted by molar-refractivity contribution is -0.162. The molecule has 6 rings (SSSR count). The van der Waals surface area contributed by atoms with Gasteiger partial charge in [-0.25, -0.2) is 14.7 Å². The van der Waals surface area contributed by atoms with E-state index in [0.717, 1.165) is 43.6 Å². The Morgan fingerprint density at radius 1 is 0.923 bits per heavy atom. The van der Waals surface area contributed by atoms with Crippen molar-refractivity contribution in [2.45, 2.75) is 57.5 Å². The maximum Gasteiger partial charge on any atom is 0.256 e. The first-order chi connectivity index (χ1) is 19.0. The molecule has 3 aromatic carbocycles. The molecular formula is C31H32FN3O4. The van der Waals surface area contributed by atoms with Crippen molar-refractivity contribution in [1.82, 2.24) is 15.3 Å². The first-order valence-electron chi connectivity index (χ1n) is 13.6. The summed E-state index contributed by atoms with van der Waals surface area (Å²) in [6.45, 7) is 3.76. The van der Waals surface area contributed by atoms with Gasteiger partial charge in [0.1, 0.15) is 18.2 Å². The van der Waals surface area contributed by atoms with Gasteiger partial charge < -0.3 is 9.64 Å². The van der Waals surface area contributed by atoms with Crippen LogP contribution in [-0.4, -0.2) is 40.9 Å². The molecule has 39 heavy (non-hydrogen) atoms. The number of nitrogens with one attached hydrogen (secondary N) is 1. The molecule has 202 valence electrons. The van der Waals surface area contributed by atoms with E-state index in [1.54, 1.807) is 17.0 Å². The quantitative estimate of drug-likeness (QED) is 0.471. The number of piperidine rings is 1. The highest BCUT2D eigenvalue weighted by atomic mass is 19.1. The lowest BCUT2D eigenvalue weighted by Crippen LogP contribution is -2.46. The average Bonchev–Trinajstić information content (AvgIpc) is 3.31. The third-order valence-electron chi connectivity index (χ3n) is 7.98. The number of rotatable bonds is 7. The number of ether oxygens (including phenoxy) is 1. The monoisotopic (exact) mass is 529 g/mol. The van der Waals surface area contributed by atoms with E-state index in [2.05, 4.69) is 34.6 Å². The third kappa shape index (κ3) is 5.67. The number of carbonyl (C=O) groups is 2. The number of amides is 2. The number of carbonyl (C=O) groups excluding carboxylic acids is 2. The summed E-state index contributed by atoms with van der Waals surface area (Å²) >= 11 is 0. The van der Waals surface area contributed by atoms with Crippen LogP contribution in [0.25, 0.3) is 0 Å². The van der Waals surface area contributed by atoms with Gasteiger partial charge >= 0.3 is 0 Å². The first kappa shape index (κ1) is 25.5. The zero-order valence-corrected chi connectivity index (χ0v) is 21.8. The molecule has 1 atom stereocenters. The van der Waals surface area contributed by atoms with Crippen molar-refractivity contribution in [3.8, 4) is 5.75 Å². The lowest BCUT2D eigenvalue weighted by atomic mass is 9.89. The number of fused-ring (bicyclic) bond motifs is 1. The van der Waals surface area contributed by atoms with Crippen LogP contribution in [-0.2, 0) is 29.3 Å². The summed E-state index contributed by atoms with van der Waals surface area (Å²) in [5, 5.41) is 0. The van der Waals surface area contributed by atoms with Crippen molar-refractivity contribution in [3.05, 3.63) is 100 Å². The van der Waals surface area contributed by atoms with Crippen molar-refractivity contribution in [2.75, 3.05) is 13.1 Å². The van der Waals surface area contributed by atoms with E-state index in [4.69, 9.17) is 9.57 Å². The van der Waals surface area contributed by atoms with Gasteiger partial charge in [-0.05, 0) is 72.8 Å². The second kappa shape index (κ2) is 11.2. The largest absolute Gasteiger partial charge is 0.489 e. The van der Waals surface area contributed by atoms with Crippen LogP contribution in [0.2, 0.25) is 0 Å². The van der Waals surface area contributed by atoms with E-state index in [0.29, 0.717) is 43.2 Å². The summed E-state index contributed by atoms with van der Waals surface area (Å²) < 4.78 is 19.4. The second-order valence-electron chi connectivity index (χ2n) is 10.6. The Balaban J connectivity index is 1.01. The molecule has 0 saturated carbocycles. The molecule has 2 saturated heterocycles. The van der Waals surface area contributed by atoms with Gasteiger partial charge in [-0.2, -0.15) is 0 Å². The van der Waals surface area contributed by atoms with Gasteiger partial charge in [0.05, 0.1) is 6.54 Å². The molecule has 2 fully saturated rings. The zero-order valence-electron chi connectivity index (χ0n) is 21.8. The van der Waals surface area contributed by atoms with E-state index in [9.17, 15) is 14.0 Å². The molecule has 3 aliphatic rings. The molecule has 3 aromatic rings. The number of hydroxylamine groups is 1. The predicted molar refractivity (Wildman–Crippen MR) is 143 cm³/mol. The highest BCUT2D eigenvalue weighted by Crippen LogP contribution is 2.34. The molecule has 1 unspecified atom stereocenters. The molecule has 7 nitrogen and oxygen atoms in total. The number of halogens is 1. The summed E-state index contributed by atoms with van der Waals surface area (Å²) in [4.78, 5) is 33.9. The van der Waals surface area contributed by atoms with Crippen LogP contribution in [0.4, 0.5) is 4.39 Å². The fourth-order valence-electron chi connectivity index (χ4n) is 5.73. The molecular weight excluding hydrogens is 497 g/mol. The SMILES string of the molecule is O=C1CCC(N2Cc3c(OCc4ccc(CN5CCC(c6ccc(F)cc6)CC5)cc4)cccc3C2=O)ON1. The highest BCUT2D eigenvalue weighted by molar-refractivity contribution is 5.99. The van der Waals surface area contributed by atoms with Gasteiger partial charge in [0.25, 0.3) is 5.91 Å². The minimum atomic E-state index is -0.475. The van der Waals surface area contributed by atoms with Gasteiger partial charge in [0, 0.05) is 30.5 Å². The Labute approximate surface area is 227 Å². The highest BCUT2D eigenvalue weighted by Gasteiger charge is 2.37. The van der Waals surface area contributed by atoms with Crippen molar-refractivity contribution >= 4 is 11.8 Å². The van der Waals surface area contributed by atoms with Gasteiger partial charge in [-0.3, -0.25) is 14.5 Å². The number of nitrogens with zero attached hydrogens (tertiary/aromatic N) is 2. The van der Waals surface area contributed by atoms with Crippen LogP contribution in [0.5, 0.6) is 5.75 Å². The Hall–Kier alpha value is -3.75. The fourth-order valence-corrected chi connectivity index (χ4v) is 5.73. The van der Waals surface area contributed by atoms with Gasteiger partial charge in [0.2, 0.25) is 5.91 Å². The molecule has 0 aromatic heterocycles. The topological polar surface area (TPSA) is 71.1 Å². The van der Waals surface area contributed by atoms with Crippen LogP contribution >= 0.6 is 0 Å². The second-order valence-corrected chi connectivity index (χ2v) is 10.6. The number of hydrogen-bond donors (Lipinski definition) is 1. The van der Waals surface area contributed by atoms with Crippen molar-refractivity contribution < 1.29 is 23.6 Å². The minimum Gasteiger partial charge on any atom is -0.489 e. The molecule has 0 bridgehead atoms. The third-order valence-corrected chi connectivity index (χ3v) is 7.98. The molecule has 0 spiro atoms.